The van der Waals surface area contributed by atoms with E-state index in [0.29, 0.717) is 18.0 Å². The third-order valence-electron chi connectivity index (χ3n) is 6.89. The average Bonchev–Trinajstić information content (AvgIpc) is 3.19. The number of rotatable bonds is 3. The molecular weight excluding hydrogens is 470 g/mol. The molecule has 2 atom stereocenters. The Bertz CT molecular complexity index is 1360. The third kappa shape index (κ3) is 2.95. The van der Waals surface area contributed by atoms with Gasteiger partial charge in [0.25, 0.3) is 10.0 Å². The van der Waals surface area contributed by atoms with Gasteiger partial charge in [-0.15, -0.1) is 0 Å². The SMILES string of the molecule is Cc1ccc(S(=O)(=O)N2C=C3CN(S(C)(=O)=O)CC[C@@]34c3ccc(Cl)cc3N(C)[C@H]24)cc1. The lowest BCUT2D eigenvalue weighted by Crippen LogP contribution is -2.55. The number of hydrogen-bond donors (Lipinski definition) is 0. The molecule has 10 heteroatoms. The number of anilines is 1. The topological polar surface area (TPSA) is 78.0 Å². The number of fused-ring (bicyclic) bond motifs is 1. The van der Waals surface area contributed by atoms with Gasteiger partial charge in [0.15, 0.2) is 0 Å². The van der Waals surface area contributed by atoms with Crippen molar-refractivity contribution >= 4 is 37.3 Å². The van der Waals surface area contributed by atoms with Crippen LogP contribution in [0.2, 0.25) is 5.02 Å². The molecule has 2 aromatic rings. The summed E-state index contributed by atoms with van der Waals surface area (Å²) in [4.78, 5) is 2.16. The molecule has 3 aliphatic heterocycles. The lowest BCUT2D eigenvalue weighted by Gasteiger charge is -2.42. The van der Waals surface area contributed by atoms with Crippen molar-refractivity contribution in [2.75, 3.05) is 31.3 Å². The summed E-state index contributed by atoms with van der Waals surface area (Å²) in [6.07, 6.45) is 2.78. The van der Waals surface area contributed by atoms with E-state index >= 15 is 0 Å². The number of aryl methyl sites for hydroxylation is 1. The molecule has 0 amide bonds. The summed E-state index contributed by atoms with van der Waals surface area (Å²) >= 11 is 6.28. The molecule has 32 heavy (non-hydrogen) atoms. The van der Waals surface area contributed by atoms with Gasteiger partial charge in [-0.25, -0.2) is 16.8 Å². The molecule has 0 N–H and O–H groups in total. The van der Waals surface area contributed by atoms with Gasteiger partial charge in [-0.05, 0) is 48.7 Å². The highest BCUT2D eigenvalue weighted by molar-refractivity contribution is 7.89. The van der Waals surface area contributed by atoms with Gasteiger partial charge in [-0.1, -0.05) is 35.4 Å². The van der Waals surface area contributed by atoms with Crippen LogP contribution in [0.4, 0.5) is 5.69 Å². The Hall–Kier alpha value is -2.07. The van der Waals surface area contributed by atoms with Crippen LogP contribution in [-0.2, 0) is 25.5 Å². The molecule has 3 aliphatic rings. The van der Waals surface area contributed by atoms with Crippen LogP contribution in [0.3, 0.4) is 0 Å². The van der Waals surface area contributed by atoms with E-state index in [1.807, 2.05) is 37.1 Å². The molecule has 5 rings (SSSR count). The molecule has 0 bridgehead atoms. The van der Waals surface area contributed by atoms with Crippen molar-refractivity contribution in [2.24, 2.45) is 0 Å². The van der Waals surface area contributed by atoms with Crippen molar-refractivity contribution in [2.45, 2.75) is 29.8 Å². The predicted octanol–water partition coefficient (Wildman–Crippen LogP) is 2.92. The first kappa shape index (κ1) is 21.8. The molecule has 7 nitrogen and oxygen atoms in total. The zero-order valence-corrected chi connectivity index (χ0v) is 20.4. The van der Waals surface area contributed by atoms with Crippen LogP contribution in [0.5, 0.6) is 0 Å². The summed E-state index contributed by atoms with van der Waals surface area (Å²) in [7, 11) is -5.42. The van der Waals surface area contributed by atoms with Crippen LogP contribution in [0.25, 0.3) is 0 Å². The number of halogens is 1. The number of piperidine rings is 1. The van der Waals surface area contributed by atoms with Crippen molar-refractivity contribution in [1.82, 2.24) is 8.61 Å². The fraction of sp³-hybridized carbons (Fsp3) is 0.364. The standard InChI is InChI=1S/C22H24ClN3O4S2/c1-15-4-7-18(8-5-15)32(29,30)26-14-16-13-25(31(3,27)28)11-10-22(16)19-9-6-17(23)12-20(19)24(2)21(22)26/h4-9,12,14,21H,10-11,13H2,1-3H3/t21-,22+/m1/s1. The van der Waals surface area contributed by atoms with Crippen LogP contribution in [0, 0.1) is 6.92 Å². The monoisotopic (exact) mass is 493 g/mol. The number of benzene rings is 2. The second-order valence-electron chi connectivity index (χ2n) is 8.77. The van der Waals surface area contributed by atoms with Crippen LogP contribution in [0.1, 0.15) is 17.5 Å². The molecule has 0 radical (unpaired) electrons. The van der Waals surface area contributed by atoms with Gasteiger partial charge in [-0.3, -0.25) is 4.31 Å². The normalized spacial score (nSPS) is 25.4. The predicted molar refractivity (Wildman–Crippen MR) is 125 cm³/mol. The Morgan fingerprint density at radius 1 is 1.06 bits per heavy atom. The largest absolute Gasteiger partial charge is 0.352 e. The molecule has 0 unspecified atom stereocenters. The Balaban J connectivity index is 1.70. The van der Waals surface area contributed by atoms with Gasteiger partial charge in [-0.2, -0.15) is 4.31 Å². The van der Waals surface area contributed by atoms with E-state index in [1.165, 1.54) is 14.9 Å². The second-order valence-corrected chi connectivity index (χ2v) is 13.0. The molecule has 1 fully saturated rings. The zero-order chi connectivity index (χ0) is 23.1. The maximum Gasteiger partial charge on any atom is 0.265 e. The van der Waals surface area contributed by atoms with Gasteiger partial charge in [0.2, 0.25) is 10.0 Å². The molecule has 0 saturated carbocycles. The summed E-state index contributed by atoms with van der Waals surface area (Å²) in [6.45, 7) is 2.38. The van der Waals surface area contributed by atoms with Crippen LogP contribution in [0.15, 0.2) is 59.1 Å². The molecule has 170 valence electrons. The van der Waals surface area contributed by atoms with Gasteiger partial charge in [0.05, 0.1) is 16.6 Å². The van der Waals surface area contributed by atoms with Crippen molar-refractivity contribution in [3.8, 4) is 0 Å². The summed E-state index contributed by atoms with van der Waals surface area (Å²) in [6, 6.07) is 12.4. The third-order valence-corrected chi connectivity index (χ3v) is 10.1. The highest BCUT2D eigenvalue weighted by Crippen LogP contribution is 2.58. The van der Waals surface area contributed by atoms with E-state index in [-0.39, 0.29) is 11.4 Å². The van der Waals surface area contributed by atoms with Gasteiger partial charge in [0.1, 0.15) is 6.17 Å². The van der Waals surface area contributed by atoms with Crippen molar-refractivity contribution in [3.05, 3.63) is 70.4 Å². The van der Waals surface area contributed by atoms with Gasteiger partial charge < -0.3 is 4.90 Å². The Morgan fingerprint density at radius 3 is 2.41 bits per heavy atom. The fourth-order valence-corrected chi connectivity index (χ4v) is 7.87. The summed E-state index contributed by atoms with van der Waals surface area (Å²) in [5.74, 6) is 0. The van der Waals surface area contributed by atoms with E-state index in [4.69, 9.17) is 11.6 Å². The molecule has 0 aromatic heterocycles. The van der Waals surface area contributed by atoms with E-state index in [9.17, 15) is 16.8 Å². The minimum atomic E-state index is -3.87. The van der Waals surface area contributed by atoms with Gasteiger partial charge >= 0.3 is 0 Å². The van der Waals surface area contributed by atoms with E-state index in [1.54, 1.807) is 30.5 Å². The van der Waals surface area contributed by atoms with Crippen molar-refractivity contribution < 1.29 is 16.8 Å². The molecule has 2 aromatic carbocycles. The lowest BCUT2D eigenvalue weighted by molar-refractivity contribution is 0.254. The highest BCUT2D eigenvalue weighted by Gasteiger charge is 2.61. The minimum Gasteiger partial charge on any atom is -0.352 e. The smallest absolute Gasteiger partial charge is 0.265 e. The van der Waals surface area contributed by atoms with Crippen LogP contribution < -0.4 is 4.90 Å². The first-order valence-electron chi connectivity index (χ1n) is 10.3. The fourth-order valence-electron chi connectivity index (χ4n) is 5.33. The average molecular weight is 494 g/mol. The van der Waals surface area contributed by atoms with E-state index < -0.39 is 31.6 Å². The van der Waals surface area contributed by atoms with Gasteiger partial charge in [0, 0.05) is 37.0 Å². The van der Waals surface area contributed by atoms with E-state index in [2.05, 4.69) is 0 Å². The number of hydrogen-bond acceptors (Lipinski definition) is 5. The Morgan fingerprint density at radius 2 is 1.75 bits per heavy atom. The summed E-state index contributed by atoms with van der Waals surface area (Å²) in [5, 5.41) is 0.569. The quantitative estimate of drug-likeness (QED) is 0.657. The Labute approximate surface area is 194 Å². The summed E-state index contributed by atoms with van der Waals surface area (Å²) < 4.78 is 54.9. The minimum absolute atomic E-state index is 0.158. The van der Waals surface area contributed by atoms with Crippen molar-refractivity contribution in [1.29, 1.82) is 0 Å². The molecule has 1 saturated heterocycles. The van der Waals surface area contributed by atoms with Crippen LogP contribution >= 0.6 is 11.6 Å². The first-order valence-corrected chi connectivity index (χ1v) is 13.9. The maximum absolute atomic E-state index is 13.8. The lowest BCUT2D eigenvalue weighted by atomic mass is 9.71. The summed E-state index contributed by atoms with van der Waals surface area (Å²) in [5.41, 5.74) is 2.97. The van der Waals surface area contributed by atoms with Crippen molar-refractivity contribution in [3.63, 3.8) is 0 Å². The number of sulfonamides is 2. The molecular formula is C22H24ClN3O4S2. The second kappa shape index (κ2) is 6.96. The molecule has 3 heterocycles. The Kier molecular flexibility index (Phi) is 4.73. The molecule has 1 spiro atoms. The first-order chi connectivity index (χ1) is 15.0. The maximum atomic E-state index is 13.8. The molecule has 0 aliphatic carbocycles. The highest BCUT2D eigenvalue weighted by atomic mass is 35.5. The number of likely N-dealkylation sites (N-methyl/N-ethyl adjacent to an activating group) is 1. The zero-order valence-electron chi connectivity index (χ0n) is 18.0. The number of nitrogens with zero attached hydrogens (tertiary/aromatic N) is 3. The van der Waals surface area contributed by atoms with E-state index in [0.717, 1.165) is 22.4 Å². The van der Waals surface area contributed by atoms with Crippen LogP contribution in [-0.4, -0.2) is 58.0 Å².